The minimum absolute atomic E-state index is 0.00571. The van der Waals surface area contributed by atoms with Crippen molar-refractivity contribution in [1.82, 2.24) is 0 Å². The van der Waals surface area contributed by atoms with Crippen molar-refractivity contribution >= 4 is 19.2 Å². The Balaban J connectivity index is 2.67. The summed E-state index contributed by atoms with van der Waals surface area (Å²) >= 11 is 0. The van der Waals surface area contributed by atoms with Crippen LogP contribution in [0, 0.1) is 5.82 Å². The van der Waals surface area contributed by atoms with Crippen LogP contribution in [0.3, 0.4) is 0 Å². The van der Waals surface area contributed by atoms with Crippen LogP contribution < -0.4 is 15.3 Å². The second-order valence-corrected chi connectivity index (χ2v) is 9.88. The third-order valence-electron chi connectivity index (χ3n) is 4.23. The summed E-state index contributed by atoms with van der Waals surface area (Å²) in [6.45, 7) is 13.3. The van der Waals surface area contributed by atoms with E-state index in [0.29, 0.717) is 5.30 Å². The first-order chi connectivity index (χ1) is 12.0. The number of benzene rings is 2. The van der Waals surface area contributed by atoms with Crippen molar-refractivity contribution in [1.29, 1.82) is 0 Å². The number of hydrogen-bond acceptors (Lipinski definition) is 2. The SMILES string of the molecule is COCOc1c(Pc2ccccc2F)cc(C(C)(C)C)cc1C(C)(C)C. The lowest BCUT2D eigenvalue weighted by molar-refractivity contribution is 0.0506. The molecule has 0 amide bonds. The molecule has 0 heterocycles. The van der Waals surface area contributed by atoms with Gasteiger partial charge in [-0.2, -0.15) is 0 Å². The predicted octanol–water partition coefficient (Wildman–Crippen LogP) is 5.03. The van der Waals surface area contributed by atoms with Crippen molar-refractivity contribution in [3.8, 4) is 5.75 Å². The molecule has 0 aliphatic heterocycles. The average molecular weight is 376 g/mol. The van der Waals surface area contributed by atoms with Crippen molar-refractivity contribution in [3.63, 3.8) is 0 Å². The molecule has 0 saturated carbocycles. The second-order valence-electron chi connectivity index (χ2n) is 8.56. The third-order valence-corrected chi connectivity index (χ3v) is 5.54. The van der Waals surface area contributed by atoms with Gasteiger partial charge in [0, 0.05) is 23.3 Å². The van der Waals surface area contributed by atoms with Gasteiger partial charge in [0.2, 0.25) is 0 Å². The van der Waals surface area contributed by atoms with E-state index in [1.807, 2.05) is 12.1 Å². The number of halogens is 1. The Bertz CT molecular complexity index is 758. The summed E-state index contributed by atoms with van der Waals surface area (Å²) < 4.78 is 25.4. The lowest BCUT2D eigenvalue weighted by Crippen LogP contribution is -2.23. The van der Waals surface area contributed by atoms with Crippen molar-refractivity contribution in [2.45, 2.75) is 52.4 Å². The molecule has 4 heteroatoms. The van der Waals surface area contributed by atoms with Crippen LogP contribution in [0.4, 0.5) is 4.39 Å². The summed E-state index contributed by atoms with van der Waals surface area (Å²) in [5.74, 6) is 0.635. The van der Waals surface area contributed by atoms with Crippen LogP contribution in [0.2, 0.25) is 0 Å². The van der Waals surface area contributed by atoms with Crippen LogP contribution in [0.15, 0.2) is 36.4 Å². The minimum atomic E-state index is -0.179. The van der Waals surface area contributed by atoms with Crippen LogP contribution in [0.25, 0.3) is 0 Å². The van der Waals surface area contributed by atoms with Crippen molar-refractivity contribution in [2.24, 2.45) is 0 Å². The Labute approximate surface area is 158 Å². The first kappa shape index (κ1) is 20.9. The Morgan fingerprint density at radius 1 is 0.923 bits per heavy atom. The van der Waals surface area contributed by atoms with Crippen LogP contribution in [0.5, 0.6) is 5.75 Å². The molecule has 0 fully saturated rings. The van der Waals surface area contributed by atoms with E-state index in [2.05, 4.69) is 53.7 Å². The van der Waals surface area contributed by atoms with Crippen LogP contribution in [-0.4, -0.2) is 13.9 Å². The molecule has 0 aliphatic rings. The lowest BCUT2D eigenvalue weighted by Gasteiger charge is -2.29. The van der Waals surface area contributed by atoms with Crippen LogP contribution >= 0.6 is 8.58 Å². The normalized spacial score (nSPS) is 12.8. The Hall–Kier alpha value is -1.44. The lowest BCUT2D eigenvalue weighted by atomic mass is 9.80. The summed E-state index contributed by atoms with van der Waals surface area (Å²) in [5, 5.41) is 1.71. The molecule has 0 bridgehead atoms. The number of hydrogen-bond donors (Lipinski definition) is 0. The largest absolute Gasteiger partial charge is 0.467 e. The smallest absolute Gasteiger partial charge is 0.188 e. The fraction of sp³-hybridized carbons (Fsp3) is 0.455. The first-order valence-electron chi connectivity index (χ1n) is 8.86. The van der Waals surface area contributed by atoms with Gasteiger partial charge >= 0.3 is 0 Å². The second kappa shape index (κ2) is 8.06. The molecule has 0 N–H and O–H groups in total. The van der Waals surface area contributed by atoms with Crippen LogP contribution in [-0.2, 0) is 15.6 Å². The summed E-state index contributed by atoms with van der Waals surface area (Å²) in [6, 6.07) is 11.3. The van der Waals surface area contributed by atoms with E-state index >= 15 is 0 Å². The highest BCUT2D eigenvalue weighted by Crippen LogP contribution is 2.37. The highest BCUT2D eigenvalue weighted by molar-refractivity contribution is 7.55. The number of ether oxygens (including phenoxy) is 2. The molecule has 2 aromatic rings. The highest BCUT2D eigenvalue weighted by Gasteiger charge is 2.26. The van der Waals surface area contributed by atoms with Gasteiger partial charge in [0.1, 0.15) is 11.6 Å². The molecular formula is C22H30FO2P. The molecule has 0 spiro atoms. The molecule has 1 atom stereocenters. The molecular weight excluding hydrogens is 346 g/mol. The molecule has 0 aromatic heterocycles. The fourth-order valence-corrected chi connectivity index (χ4v) is 3.91. The Morgan fingerprint density at radius 3 is 2.12 bits per heavy atom. The standard InChI is InChI=1S/C22H30FO2P/c1-21(2,3)15-12-16(22(4,5)6)20(25-14-24-7)19(13-15)26-18-11-9-8-10-17(18)23/h8-13,26H,14H2,1-7H3. The van der Waals surface area contributed by atoms with E-state index in [0.717, 1.165) is 16.6 Å². The molecule has 0 aliphatic carbocycles. The van der Waals surface area contributed by atoms with Gasteiger partial charge in [-0.1, -0.05) is 74.4 Å². The van der Waals surface area contributed by atoms with E-state index in [4.69, 9.17) is 9.47 Å². The molecule has 2 aromatic carbocycles. The monoisotopic (exact) mass is 376 g/mol. The van der Waals surface area contributed by atoms with Crippen LogP contribution in [0.1, 0.15) is 52.7 Å². The number of rotatable bonds is 5. The number of methoxy groups -OCH3 is 1. The molecule has 142 valence electrons. The molecule has 0 radical (unpaired) electrons. The van der Waals surface area contributed by atoms with Gasteiger partial charge < -0.3 is 9.47 Å². The molecule has 2 nitrogen and oxygen atoms in total. The van der Waals surface area contributed by atoms with Gasteiger partial charge in [-0.05, 0) is 28.5 Å². The van der Waals surface area contributed by atoms with Gasteiger partial charge in [-0.15, -0.1) is 0 Å². The Kier molecular flexibility index (Phi) is 6.47. The zero-order chi connectivity index (χ0) is 19.5. The van der Waals surface area contributed by atoms with Gasteiger partial charge in [0.05, 0.1) is 0 Å². The minimum Gasteiger partial charge on any atom is -0.467 e. The summed E-state index contributed by atoms with van der Waals surface area (Å²) in [7, 11) is 1.79. The molecule has 26 heavy (non-hydrogen) atoms. The molecule has 2 rings (SSSR count). The van der Waals surface area contributed by atoms with E-state index in [1.165, 1.54) is 11.6 Å². The first-order valence-corrected chi connectivity index (χ1v) is 9.86. The van der Waals surface area contributed by atoms with Crippen molar-refractivity contribution in [3.05, 3.63) is 53.3 Å². The highest BCUT2D eigenvalue weighted by atomic mass is 31.1. The van der Waals surface area contributed by atoms with Gasteiger partial charge in [0.25, 0.3) is 0 Å². The van der Waals surface area contributed by atoms with Crippen molar-refractivity contribution in [2.75, 3.05) is 13.9 Å². The topological polar surface area (TPSA) is 18.5 Å². The maximum Gasteiger partial charge on any atom is 0.188 e. The Morgan fingerprint density at radius 2 is 1.58 bits per heavy atom. The van der Waals surface area contributed by atoms with Gasteiger partial charge in [0.15, 0.2) is 6.79 Å². The van der Waals surface area contributed by atoms with E-state index in [-0.39, 0.29) is 32.0 Å². The quantitative estimate of drug-likeness (QED) is 0.538. The third kappa shape index (κ3) is 5.05. The predicted molar refractivity (Wildman–Crippen MR) is 110 cm³/mol. The molecule has 1 unspecified atom stereocenters. The van der Waals surface area contributed by atoms with E-state index in [9.17, 15) is 4.39 Å². The van der Waals surface area contributed by atoms with E-state index < -0.39 is 0 Å². The van der Waals surface area contributed by atoms with Gasteiger partial charge in [-0.3, -0.25) is 0 Å². The van der Waals surface area contributed by atoms with Gasteiger partial charge in [-0.25, -0.2) is 4.39 Å². The summed E-state index contributed by atoms with van der Waals surface area (Å²) in [4.78, 5) is 0. The summed E-state index contributed by atoms with van der Waals surface area (Å²) in [6.07, 6.45) is 0. The maximum atomic E-state index is 14.3. The summed E-state index contributed by atoms with van der Waals surface area (Å²) in [5.41, 5.74) is 2.25. The average Bonchev–Trinajstić information content (AvgIpc) is 2.53. The zero-order valence-electron chi connectivity index (χ0n) is 16.9. The fourth-order valence-electron chi connectivity index (χ4n) is 2.69. The molecule has 0 saturated heterocycles. The van der Waals surface area contributed by atoms with Crippen molar-refractivity contribution < 1.29 is 13.9 Å². The maximum absolute atomic E-state index is 14.3. The zero-order valence-corrected chi connectivity index (χ0v) is 17.9. The van der Waals surface area contributed by atoms with E-state index in [1.54, 1.807) is 13.2 Å².